The Hall–Kier alpha value is -3.09. The lowest BCUT2D eigenvalue weighted by Crippen LogP contribution is -2.41. The molecule has 1 unspecified atom stereocenters. The number of amides is 1. The fourth-order valence-corrected chi connectivity index (χ4v) is 5.09. The Balaban J connectivity index is 1.67. The van der Waals surface area contributed by atoms with E-state index < -0.39 is 23.7 Å². The van der Waals surface area contributed by atoms with Crippen LogP contribution in [0.4, 0.5) is 10.1 Å². The highest BCUT2D eigenvalue weighted by Crippen LogP contribution is 2.40. The van der Waals surface area contributed by atoms with E-state index in [1.165, 1.54) is 23.8 Å². The van der Waals surface area contributed by atoms with Crippen LogP contribution in [0.1, 0.15) is 65.8 Å². The zero-order valence-corrected chi connectivity index (χ0v) is 22.5. The summed E-state index contributed by atoms with van der Waals surface area (Å²) in [6.45, 7) is 6.93. The SMILES string of the molecule is CC(C)(C)c1ccc(COC(=O)c2cc(Cl)cc3c2N(C(C(N)=O)c2ccc(F)c(Cl)c2)CCC3)cc1. The molecule has 37 heavy (non-hydrogen) atoms. The van der Waals surface area contributed by atoms with Crippen molar-refractivity contribution in [2.45, 2.75) is 51.7 Å². The molecule has 0 fully saturated rings. The molecule has 0 saturated carbocycles. The number of nitrogens with two attached hydrogens (primary N) is 1. The number of esters is 1. The van der Waals surface area contributed by atoms with E-state index in [1.54, 1.807) is 17.0 Å². The first kappa shape index (κ1) is 27.0. The Bertz CT molecular complexity index is 1340. The van der Waals surface area contributed by atoms with Crippen molar-refractivity contribution in [3.63, 3.8) is 0 Å². The van der Waals surface area contributed by atoms with Crippen LogP contribution in [-0.4, -0.2) is 18.4 Å². The molecule has 1 aliphatic rings. The minimum atomic E-state index is -0.963. The van der Waals surface area contributed by atoms with E-state index in [9.17, 15) is 14.0 Å². The van der Waals surface area contributed by atoms with Crippen molar-refractivity contribution in [3.05, 3.63) is 98.3 Å². The molecule has 1 aliphatic heterocycles. The zero-order valence-electron chi connectivity index (χ0n) is 21.0. The van der Waals surface area contributed by atoms with Crippen LogP contribution in [-0.2, 0) is 28.0 Å². The Morgan fingerprint density at radius 3 is 2.41 bits per heavy atom. The van der Waals surface area contributed by atoms with Gasteiger partial charge in [-0.05, 0) is 64.8 Å². The number of carbonyl (C=O) groups is 2. The number of anilines is 1. The van der Waals surface area contributed by atoms with Crippen LogP contribution >= 0.6 is 23.2 Å². The number of nitrogens with zero attached hydrogens (tertiary/aromatic N) is 1. The predicted octanol–water partition coefficient (Wildman–Crippen LogP) is 6.77. The largest absolute Gasteiger partial charge is 0.457 e. The average molecular weight is 543 g/mol. The Kier molecular flexibility index (Phi) is 7.81. The smallest absolute Gasteiger partial charge is 0.340 e. The molecule has 1 atom stereocenters. The summed E-state index contributed by atoms with van der Waals surface area (Å²) in [6, 6.07) is 14.3. The Morgan fingerprint density at radius 1 is 1.08 bits per heavy atom. The van der Waals surface area contributed by atoms with Crippen LogP contribution in [0.3, 0.4) is 0 Å². The molecular formula is C29H29Cl2FN2O3. The maximum atomic E-state index is 13.8. The molecule has 0 spiro atoms. The van der Waals surface area contributed by atoms with E-state index in [0.717, 1.165) is 11.1 Å². The topological polar surface area (TPSA) is 72.6 Å². The third kappa shape index (κ3) is 5.91. The first-order valence-electron chi connectivity index (χ1n) is 12.1. The molecule has 3 aromatic carbocycles. The van der Waals surface area contributed by atoms with Gasteiger partial charge in [0.2, 0.25) is 5.91 Å². The maximum Gasteiger partial charge on any atom is 0.340 e. The normalized spacial score (nSPS) is 14.2. The van der Waals surface area contributed by atoms with Gasteiger partial charge >= 0.3 is 5.97 Å². The summed E-state index contributed by atoms with van der Waals surface area (Å²) >= 11 is 12.4. The maximum absolute atomic E-state index is 13.8. The van der Waals surface area contributed by atoms with Crippen LogP contribution in [0.2, 0.25) is 10.0 Å². The van der Waals surface area contributed by atoms with Crippen LogP contribution in [0, 0.1) is 5.82 Å². The highest BCUT2D eigenvalue weighted by molar-refractivity contribution is 6.31. The summed E-state index contributed by atoms with van der Waals surface area (Å²) in [5.41, 5.74) is 9.88. The first-order valence-corrected chi connectivity index (χ1v) is 12.8. The van der Waals surface area contributed by atoms with Gasteiger partial charge in [0.25, 0.3) is 0 Å². The fraction of sp³-hybridized carbons (Fsp3) is 0.310. The minimum absolute atomic E-state index is 0.0181. The number of rotatable bonds is 6. The summed E-state index contributed by atoms with van der Waals surface area (Å²) in [7, 11) is 0. The standard InChI is InChI=1S/C29H29Cl2FN2O3/c1-29(2,3)20-9-6-17(7-10-20)16-37-28(36)22-15-21(30)13-18-5-4-12-34(25(18)22)26(27(33)35)19-8-11-24(32)23(31)14-19/h6-11,13-15,26H,4-5,12,16H2,1-3H3,(H2,33,35). The molecule has 2 N–H and O–H groups in total. The Morgan fingerprint density at radius 2 is 1.78 bits per heavy atom. The average Bonchev–Trinajstić information content (AvgIpc) is 2.83. The number of hydrogen-bond acceptors (Lipinski definition) is 4. The third-order valence-corrected chi connectivity index (χ3v) is 7.04. The highest BCUT2D eigenvalue weighted by atomic mass is 35.5. The lowest BCUT2D eigenvalue weighted by molar-refractivity contribution is -0.119. The number of fused-ring (bicyclic) bond motifs is 1. The number of primary amides is 1. The highest BCUT2D eigenvalue weighted by Gasteiger charge is 2.34. The van der Waals surface area contributed by atoms with Gasteiger partial charge in [0, 0.05) is 11.6 Å². The number of hydrogen-bond donors (Lipinski definition) is 1. The van der Waals surface area contributed by atoms with Gasteiger partial charge in [-0.3, -0.25) is 4.79 Å². The van der Waals surface area contributed by atoms with E-state index in [4.69, 9.17) is 33.7 Å². The number of ether oxygens (including phenoxy) is 1. The molecule has 0 bridgehead atoms. The van der Waals surface area contributed by atoms with Crippen molar-refractivity contribution in [2.24, 2.45) is 5.73 Å². The second-order valence-corrected chi connectivity index (χ2v) is 11.1. The molecule has 0 saturated heterocycles. The number of aryl methyl sites for hydroxylation is 1. The first-order chi connectivity index (χ1) is 17.5. The summed E-state index contributed by atoms with van der Waals surface area (Å²) in [6.07, 6.45) is 1.37. The van der Waals surface area contributed by atoms with Gasteiger partial charge in [-0.15, -0.1) is 0 Å². The van der Waals surface area contributed by atoms with Gasteiger partial charge in [0.1, 0.15) is 18.5 Å². The molecule has 0 aliphatic carbocycles. The van der Waals surface area contributed by atoms with Crippen LogP contribution in [0.15, 0.2) is 54.6 Å². The molecule has 1 heterocycles. The van der Waals surface area contributed by atoms with Crippen molar-refractivity contribution in [1.29, 1.82) is 0 Å². The van der Waals surface area contributed by atoms with Gasteiger partial charge in [-0.25, -0.2) is 9.18 Å². The van der Waals surface area contributed by atoms with Gasteiger partial charge in [0.05, 0.1) is 16.3 Å². The second-order valence-electron chi connectivity index (χ2n) is 10.3. The minimum Gasteiger partial charge on any atom is -0.457 e. The molecule has 5 nitrogen and oxygen atoms in total. The van der Waals surface area contributed by atoms with Gasteiger partial charge in [-0.2, -0.15) is 0 Å². The Labute approximate surface area is 226 Å². The van der Waals surface area contributed by atoms with E-state index in [0.29, 0.717) is 35.7 Å². The molecular weight excluding hydrogens is 514 g/mol. The molecule has 3 aromatic rings. The summed E-state index contributed by atoms with van der Waals surface area (Å²) < 4.78 is 19.5. The van der Waals surface area contributed by atoms with E-state index in [2.05, 4.69) is 20.8 Å². The lowest BCUT2D eigenvalue weighted by atomic mass is 9.87. The summed E-state index contributed by atoms with van der Waals surface area (Å²) in [5, 5.41) is 0.275. The fourth-order valence-electron chi connectivity index (χ4n) is 4.66. The molecule has 8 heteroatoms. The summed E-state index contributed by atoms with van der Waals surface area (Å²) in [4.78, 5) is 27.8. The van der Waals surface area contributed by atoms with Gasteiger partial charge < -0.3 is 15.4 Å². The van der Waals surface area contributed by atoms with Crippen LogP contribution in [0.25, 0.3) is 0 Å². The molecule has 1 amide bonds. The van der Waals surface area contributed by atoms with Crippen molar-refractivity contribution in [3.8, 4) is 0 Å². The van der Waals surface area contributed by atoms with E-state index in [1.807, 2.05) is 24.3 Å². The van der Waals surface area contributed by atoms with Crippen molar-refractivity contribution < 1.29 is 18.7 Å². The van der Waals surface area contributed by atoms with E-state index >= 15 is 0 Å². The molecule has 0 aromatic heterocycles. The molecule has 4 rings (SSSR count). The molecule has 194 valence electrons. The number of benzene rings is 3. The second kappa shape index (κ2) is 10.7. The van der Waals surface area contributed by atoms with Crippen molar-refractivity contribution in [2.75, 3.05) is 11.4 Å². The molecule has 0 radical (unpaired) electrons. The third-order valence-electron chi connectivity index (χ3n) is 6.54. The monoisotopic (exact) mass is 542 g/mol. The lowest BCUT2D eigenvalue weighted by Gasteiger charge is -2.38. The van der Waals surface area contributed by atoms with Crippen molar-refractivity contribution in [1.82, 2.24) is 0 Å². The quantitative estimate of drug-likeness (QED) is 0.349. The van der Waals surface area contributed by atoms with Crippen molar-refractivity contribution >= 4 is 40.8 Å². The van der Waals surface area contributed by atoms with Crippen LogP contribution in [0.5, 0.6) is 0 Å². The van der Waals surface area contributed by atoms with Gasteiger partial charge in [-0.1, -0.05) is 74.3 Å². The number of halogens is 3. The zero-order chi connectivity index (χ0) is 26.9. The van der Waals surface area contributed by atoms with Gasteiger partial charge in [0.15, 0.2) is 0 Å². The predicted molar refractivity (Wildman–Crippen MR) is 145 cm³/mol. The summed E-state index contributed by atoms with van der Waals surface area (Å²) in [5.74, 6) is -1.81. The number of carbonyl (C=O) groups excluding carboxylic acids is 2. The van der Waals surface area contributed by atoms with Crippen LogP contribution < -0.4 is 10.6 Å². The van der Waals surface area contributed by atoms with E-state index in [-0.39, 0.29) is 22.6 Å².